The van der Waals surface area contributed by atoms with Crippen molar-refractivity contribution in [1.29, 1.82) is 0 Å². The number of hydrogen-bond donors (Lipinski definition) is 1. The summed E-state index contributed by atoms with van der Waals surface area (Å²) >= 11 is 0. The zero-order valence-electron chi connectivity index (χ0n) is 19.1. The van der Waals surface area contributed by atoms with Crippen LogP contribution in [0.5, 0.6) is 5.75 Å². The van der Waals surface area contributed by atoms with Crippen molar-refractivity contribution in [3.8, 4) is 5.75 Å². The number of carbonyl (C=O) groups excluding carboxylic acids is 1. The Morgan fingerprint density at radius 1 is 0.735 bits per heavy atom. The van der Waals surface area contributed by atoms with Gasteiger partial charge >= 0.3 is 0 Å². The molecule has 1 aliphatic heterocycles. The molecule has 0 saturated heterocycles. The maximum absolute atomic E-state index is 13.5. The second-order valence-corrected chi connectivity index (χ2v) is 8.48. The Balaban J connectivity index is 1.36. The maximum atomic E-state index is 13.5. The molecule has 1 atom stereocenters. The summed E-state index contributed by atoms with van der Waals surface area (Å²) in [6, 6.07) is 36.4. The standard InChI is InChI=1S/C30H28N2O2/c33-30-27-16-7-8-17-28(27)31-29(32(30)20-18-23-10-3-1-4-11-23)25-14-9-15-26(22-25)34-21-19-24-12-5-2-6-13-24/h1-17,22,29,31H,18-21H2. The van der Waals surface area contributed by atoms with Crippen molar-refractivity contribution in [2.45, 2.75) is 19.0 Å². The van der Waals surface area contributed by atoms with Crippen molar-refractivity contribution in [2.24, 2.45) is 0 Å². The van der Waals surface area contributed by atoms with Gasteiger partial charge in [-0.15, -0.1) is 0 Å². The molecule has 0 radical (unpaired) electrons. The zero-order chi connectivity index (χ0) is 23.2. The molecule has 0 bridgehead atoms. The van der Waals surface area contributed by atoms with Crippen LogP contribution in [0.25, 0.3) is 0 Å². The van der Waals surface area contributed by atoms with Gasteiger partial charge in [0.25, 0.3) is 5.91 Å². The van der Waals surface area contributed by atoms with E-state index in [-0.39, 0.29) is 12.1 Å². The Morgan fingerprint density at radius 2 is 1.41 bits per heavy atom. The lowest BCUT2D eigenvalue weighted by Gasteiger charge is -2.38. The normalized spacial score (nSPS) is 14.9. The largest absolute Gasteiger partial charge is 0.493 e. The van der Waals surface area contributed by atoms with E-state index < -0.39 is 0 Å². The number of fused-ring (bicyclic) bond motifs is 1. The van der Waals surface area contributed by atoms with Crippen molar-refractivity contribution >= 4 is 11.6 Å². The molecular weight excluding hydrogens is 420 g/mol. The second-order valence-electron chi connectivity index (χ2n) is 8.48. The summed E-state index contributed by atoms with van der Waals surface area (Å²) in [4.78, 5) is 15.4. The zero-order valence-corrected chi connectivity index (χ0v) is 19.1. The van der Waals surface area contributed by atoms with Gasteiger partial charge in [-0.05, 0) is 47.4 Å². The van der Waals surface area contributed by atoms with Crippen LogP contribution in [-0.4, -0.2) is 24.0 Å². The lowest BCUT2D eigenvalue weighted by molar-refractivity contribution is 0.0685. The first kappa shape index (κ1) is 21.8. The van der Waals surface area contributed by atoms with Crippen LogP contribution in [0.3, 0.4) is 0 Å². The van der Waals surface area contributed by atoms with Crippen LogP contribution in [0.2, 0.25) is 0 Å². The maximum Gasteiger partial charge on any atom is 0.257 e. The van der Waals surface area contributed by atoms with E-state index >= 15 is 0 Å². The van der Waals surface area contributed by atoms with Gasteiger partial charge in [0.05, 0.1) is 12.2 Å². The Labute approximate surface area is 200 Å². The van der Waals surface area contributed by atoms with Gasteiger partial charge in [0.1, 0.15) is 11.9 Å². The summed E-state index contributed by atoms with van der Waals surface area (Å²) in [6.07, 6.45) is 1.38. The van der Waals surface area contributed by atoms with E-state index in [1.807, 2.05) is 83.8 Å². The lowest BCUT2D eigenvalue weighted by Crippen LogP contribution is -2.44. The Morgan fingerprint density at radius 3 is 2.18 bits per heavy atom. The molecule has 0 aliphatic carbocycles. The summed E-state index contributed by atoms with van der Waals surface area (Å²) < 4.78 is 6.07. The molecule has 4 nitrogen and oxygen atoms in total. The lowest BCUT2D eigenvalue weighted by atomic mass is 10.0. The summed E-state index contributed by atoms with van der Waals surface area (Å²) in [5.41, 5.74) is 5.05. The highest BCUT2D eigenvalue weighted by molar-refractivity contribution is 6.01. The Bertz CT molecular complexity index is 1240. The number of carbonyl (C=O) groups is 1. The molecule has 1 aliphatic rings. The SMILES string of the molecule is O=C1c2ccccc2NC(c2cccc(OCCc3ccccc3)c2)N1CCc1ccccc1. The predicted octanol–water partition coefficient (Wildman–Crippen LogP) is 6.12. The molecule has 5 rings (SSSR count). The third-order valence-corrected chi connectivity index (χ3v) is 6.18. The van der Waals surface area contributed by atoms with Gasteiger partial charge < -0.3 is 15.0 Å². The van der Waals surface area contributed by atoms with Gasteiger partial charge in [0, 0.05) is 18.7 Å². The van der Waals surface area contributed by atoms with E-state index in [2.05, 4.69) is 35.6 Å². The van der Waals surface area contributed by atoms with E-state index in [4.69, 9.17) is 4.74 Å². The molecule has 4 aromatic rings. The van der Waals surface area contributed by atoms with Crippen LogP contribution in [0, 0.1) is 0 Å². The number of benzene rings is 4. The molecule has 1 N–H and O–H groups in total. The van der Waals surface area contributed by atoms with E-state index in [1.54, 1.807) is 0 Å². The third-order valence-electron chi connectivity index (χ3n) is 6.18. The summed E-state index contributed by atoms with van der Waals surface area (Å²) in [7, 11) is 0. The highest BCUT2D eigenvalue weighted by atomic mass is 16.5. The number of ether oxygens (including phenoxy) is 1. The van der Waals surface area contributed by atoms with Crippen molar-refractivity contribution < 1.29 is 9.53 Å². The summed E-state index contributed by atoms with van der Waals surface area (Å²) in [5, 5.41) is 3.59. The molecule has 1 heterocycles. The fourth-order valence-electron chi connectivity index (χ4n) is 4.39. The van der Waals surface area contributed by atoms with E-state index in [1.165, 1.54) is 11.1 Å². The number of anilines is 1. The molecule has 0 fully saturated rings. The van der Waals surface area contributed by atoms with Gasteiger partial charge in [0.2, 0.25) is 0 Å². The topological polar surface area (TPSA) is 41.6 Å². The van der Waals surface area contributed by atoms with Gasteiger partial charge in [-0.1, -0.05) is 84.9 Å². The average molecular weight is 449 g/mol. The van der Waals surface area contributed by atoms with Gasteiger partial charge in [-0.3, -0.25) is 4.79 Å². The molecule has 4 heteroatoms. The fraction of sp³-hybridized carbons (Fsp3) is 0.167. The molecule has 170 valence electrons. The van der Waals surface area contributed by atoms with Gasteiger partial charge in [-0.2, -0.15) is 0 Å². The highest BCUT2D eigenvalue weighted by Crippen LogP contribution is 2.34. The van der Waals surface area contributed by atoms with E-state index in [0.29, 0.717) is 18.7 Å². The minimum absolute atomic E-state index is 0.0469. The van der Waals surface area contributed by atoms with Crippen molar-refractivity contribution in [2.75, 3.05) is 18.5 Å². The number of nitrogens with one attached hydrogen (secondary N) is 1. The first-order chi connectivity index (χ1) is 16.8. The first-order valence-electron chi connectivity index (χ1n) is 11.7. The first-order valence-corrected chi connectivity index (χ1v) is 11.7. The van der Waals surface area contributed by atoms with Gasteiger partial charge in [0.15, 0.2) is 0 Å². The number of hydrogen-bond acceptors (Lipinski definition) is 3. The quantitative estimate of drug-likeness (QED) is 0.353. The van der Waals surface area contributed by atoms with Crippen molar-refractivity contribution in [1.82, 2.24) is 4.90 Å². The van der Waals surface area contributed by atoms with Crippen molar-refractivity contribution in [3.63, 3.8) is 0 Å². The minimum atomic E-state index is -0.260. The monoisotopic (exact) mass is 448 g/mol. The molecule has 0 spiro atoms. The molecule has 1 unspecified atom stereocenters. The third kappa shape index (κ3) is 4.96. The number of para-hydroxylation sites is 1. The number of rotatable bonds is 8. The Kier molecular flexibility index (Phi) is 6.57. The van der Waals surface area contributed by atoms with Crippen LogP contribution in [-0.2, 0) is 12.8 Å². The second kappa shape index (κ2) is 10.3. The van der Waals surface area contributed by atoms with E-state index in [9.17, 15) is 4.79 Å². The number of amides is 1. The van der Waals surface area contributed by atoms with Crippen LogP contribution in [0.1, 0.15) is 33.2 Å². The smallest absolute Gasteiger partial charge is 0.257 e. The number of nitrogens with zero attached hydrogens (tertiary/aromatic N) is 1. The Hall–Kier alpha value is -4.05. The molecule has 0 aromatic heterocycles. The predicted molar refractivity (Wildman–Crippen MR) is 136 cm³/mol. The molecule has 34 heavy (non-hydrogen) atoms. The molecular formula is C30H28N2O2. The van der Waals surface area contributed by atoms with Crippen LogP contribution < -0.4 is 10.1 Å². The highest BCUT2D eigenvalue weighted by Gasteiger charge is 2.32. The summed E-state index contributed by atoms with van der Waals surface area (Å²) in [5.74, 6) is 0.857. The van der Waals surface area contributed by atoms with Crippen LogP contribution in [0.4, 0.5) is 5.69 Å². The fourth-order valence-corrected chi connectivity index (χ4v) is 4.39. The van der Waals surface area contributed by atoms with Gasteiger partial charge in [-0.25, -0.2) is 0 Å². The molecule has 1 amide bonds. The van der Waals surface area contributed by atoms with Crippen LogP contribution >= 0.6 is 0 Å². The van der Waals surface area contributed by atoms with Crippen LogP contribution in [0.15, 0.2) is 109 Å². The van der Waals surface area contributed by atoms with Crippen molar-refractivity contribution in [3.05, 3.63) is 131 Å². The molecule has 0 saturated carbocycles. The molecule has 4 aromatic carbocycles. The minimum Gasteiger partial charge on any atom is -0.493 e. The summed E-state index contributed by atoms with van der Waals surface area (Å²) in [6.45, 7) is 1.22. The average Bonchev–Trinajstić information content (AvgIpc) is 2.89. The van der Waals surface area contributed by atoms with E-state index in [0.717, 1.165) is 29.8 Å².